The van der Waals surface area contributed by atoms with E-state index in [0.717, 1.165) is 0 Å². The zero-order valence-corrected chi connectivity index (χ0v) is 8.89. The van der Waals surface area contributed by atoms with E-state index in [1.807, 2.05) is 6.92 Å². The van der Waals surface area contributed by atoms with E-state index >= 15 is 0 Å². The Morgan fingerprint density at radius 3 is 2.18 bits per heavy atom. The van der Waals surface area contributed by atoms with E-state index in [4.69, 9.17) is 4.43 Å². The van der Waals surface area contributed by atoms with Crippen molar-refractivity contribution in [3.8, 4) is 12.0 Å². The molecule has 0 saturated heterocycles. The van der Waals surface area contributed by atoms with Gasteiger partial charge in [0.25, 0.3) is 0 Å². The summed E-state index contributed by atoms with van der Waals surface area (Å²) in [6, 6.07) is 0. The molecule has 1 unspecified atom stereocenters. The van der Waals surface area contributed by atoms with Gasteiger partial charge in [-0.3, -0.25) is 0 Å². The summed E-state index contributed by atoms with van der Waals surface area (Å²) in [6.45, 7) is 8.35. The predicted octanol–water partition coefficient (Wildman–Crippen LogP) is 1.83. The molecule has 0 aliphatic rings. The molecule has 0 aromatic heterocycles. The molecule has 0 saturated carbocycles. The van der Waals surface area contributed by atoms with Crippen molar-refractivity contribution in [1.82, 2.24) is 0 Å². The Bertz CT molecular complexity index is 161. The fraction of sp³-hybridized carbons (Fsp3) is 0.750. The normalized spacial score (nSPS) is 13.2. The van der Waals surface area contributed by atoms with Gasteiger partial charge in [-0.15, -0.1) is 0 Å². The molecule has 0 radical (unpaired) electrons. The number of methoxy groups -OCH3 is 1. The summed E-state index contributed by atoms with van der Waals surface area (Å²) in [6.07, 6.45) is 2.51. The number of rotatable bonds is 2. The van der Waals surface area contributed by atoms with Crippen molar-refractivity contribution in [3.05, 3.63) is 0 Å². The fourth-order valence-electron chi connectivity index (χ4n) is 0.702. The zero-order chi connectivity index (χ0) is 8.91. The van der Waals surface area contributed by atoms with Crippen molar-refractivity contribution in [2.75, 3.05) is 7.11 Å². The van der Waals surface area contributed by atoms with Crippen LogP contribution in [-0.4, -0.2) is 21.5 Å². The van der Waals surface area contributed by atoms with Gasteiger partial charge in [0.05, 0.1) is 7.11 Å². The maximum atomic E-state index is 5.62. The van der Waals surface area contributed by atoms with Crippen LogP contribution in [0.2, 0.25) is 19.6 Å². The highest BCUT2D eigenvalue weighted by atomic mass is 28.4. The summed E-state index contributed by atoms with van der Waals surface area (Å²) in [7, 11) is 0.121. The summed E-state index contributed by atoms with van der Waals surface area (Å²) in [5.74, 6) is 2.83. The summed E-state index contributed by atoms with van der Waals surface area (Å²) in [4.78, 5) is 0. The highest BCUT2D eigenvalue weighted by molar-refractivity contribution is 6.69. The molecule has 1 atom stereocenters. The zero-order valence-electron chi connectivity index (χ0n) is 7.89. The summed E-state index contributed by atoms with van der Waals surface area (Å²) in [5, 5.41) is 0. The minimum absolute atomic E-state index is 0.0124. The molecule has 11 heavy (non-hydrogen) atoms. The smallest absolute Gasteiger partial charge is 0.185 e. The molecule has 0 rings (SSSR count). The fourth-order valence-corrected chi connectivity index (χ4v) is 1.82. The van der Waals surface area contributed by atoms with Gasteiger partial charge in [0, 0.05) is 0 Å². The largest absolute Gasteiger partial charge is 0.450 e. The molecule has 0 heterocycles. The molecule has 0 N–H and O–H groups in total. The van der Waals surface area contributed by atoms with Crippen molar-refractivity contribution < 1.29 is 9.16 Å². The third kappa shape index (κ3) is 7.43. The van der Waals surface area contributed by atoms with Crippen molar-refractivity contribution >= 4 is 8.32 Å². The van der Waals surface area contributed by atoms with Gasteiger partial charge in [0.1, 0.15) is 12.2 Å². The lowest BCUT2D eigenvalue weighted by molar-refractivity contribution is 0.268. The van der Waals surface area contributed by atoms with E-state index in [1.165, 1.54) is 0 Å². The van der Waals surface area contributed by atoms with Gasteiger partial charge in [-0.05, 0) is 32.5 Å². The van der Waals surface area contributed by atoms with Crippen LogP contribution in [-0.2, 0) is 9.16 Å². The lowest BCUT2D eigenvalue weighted by atomic mass is 10.4. The van der Waals surface area contributed by atoms with Crippen LogP contribution < -0.4 is 0 Å². The van der Waals surface area contributed by atoms with Gasteiger partial charge in [0.15, 0.2) is 8.32 Å². The number of ether oxygens (including phenoxy) is 1. The minimum atomic E-state index is -1.43. The van der Waals surface area contributed by atoms with E-state index < -0.39 is 8.32 Å². The number of hydrogen-bond acceptors (Lipinski definition) is 2. The highest BCUT2D eigenvalue weighted by Gasteiger charge is 2.16. The summed E-state index contributed by atoms with van der Waals surface area (Å²) < 4.78 is 10.2. The molecule has 2 nitrogen and oxygen atoms in total. The molecule has 0 aromatic rings. The first-order valence-corrected chi connectivity index (χ1v) is 7.08. The van der Waals surface area contributed by atoms with Gasteiger partial charge in [-0.25, -0.2) is 0 Å². The standard InChI is InChI=1S/C8H16O2Si/c1-8(6-7-9-2)10-11(3,4)5/h8H,1-5H3. The van der Waals surface area contributed by atoms with Gasteiger partial charge in [0.2, 0.25) is 0 Å². The molecule has 0 fully saturated rings. The van der Waals surface area contributed by atoms with Crippen molar-refractivity contribution in [2.45, 2.75) is 32.7 Å². The van der Waals surface area contributed by atoms with E-state index in [0.29, 0.717) is 0 Å². The molecule has 0 bridgehead atoms. The first-order valence-electron chi connectivity index (χ1n) is 3.67. The Balaban J connectivity index is 3.78. The average Bonchev–Trinajstić information content (AvgIpc) is 1.79. The quantitative estimate of drug-likeness (QED) is 0.467. The first-order chi connectivity index (χ1) is 4.95. The van der Waals surface area contributed by atoms with Gasteiger partial charge < -0.3 is 9.16 Å². The minimum Gasteiger partial charge on any atom is -0.450 e. The van der Waals surface area contributed by atoms with Crippen molar-refractivity contribution in [1.29, 1.82) is 0 Å². The first kappa shape index (κ1) is 10.5. The Morgan fingerprint density at radius 1 is 1.27 bits per heavy atom. The molecule has 0 aliphatic heterocycles. The van der Waals surface area contributed by atoms with Crippen LogP contribution in [0.25, 0.3) is 0 Å². The molecular formula is C8H16O2Si. The Hall–Kier alpha value is -0.463. The Labute approximate surface area is 70.0 Å². The summed E-state index contributed by atoms with van der Waals surface area (Å²) in [5.41, 5.74) is 0. The topological polar surface area (TPSA) is 18.5 Å². The van der Waals surface area contributed by atoms with Crippen LogP contribution in [0.3, 0.4) is 0 Å². The third-order valence-corrected chi connectivity index (χ3v) is 1.96. The van der Waals surface area contributed by atoms with E-state index in [1.54, 1.807) is 7.11 Å². The molecule has 0 amide bonds. The van der Waals surface area contributed by atoms with E-state index in [-0.39, 0.29) is 6.10 Å². The lowest BCUT2D eigenvalue weighted by Crippen LogP contribution is -2.29. The molecule has 0 spiro atoms. The van der Waals surface area contributed by atoms with Crippen LogP contribution in [0.4, 0.5) is 0 Å². The second-order valence-electron chi connectivity index (χ2n) is 3.32. The van der Waals surface area contributed by atoms with Gasteiger partial charge in [-0.1, -0.05) is 0 Å². The van der Waals surface area contributed by atoms with Crippen LogP contribution in [0.15, 0.2) is 0 Å². The second kappa shape index (κ2) is 4.42. The highest BCUT2D eigenvalue weighted by Crippen LogP contribution is 2.05. The third-order valence-electron chi connectivity index (χ3n) is 0.895. The van der Waals surface area contributed by atoms with Crippen LogP contribution in [0.1, 0.15) is 6.92 Å². The van der Waals surface area contributed by atoms with Crippen LogP contribution >= 0.6 is 0 Å². The molecule has 64 valence electrons. The van der Waals surface area contributed by atoms with Crippen LogP contribution in [0, 0.1) is 12.0 Å². The maximum Gasteiger partial charge on any atom is 0.185 e. The Kier molecular flexibility index (Phi) is 4.24. The monoisotopic (exact) mass is 172 g/mol. The van der Waals surface area contributed by atoms with Crippen molar-refractivity contribution in [3.63, 3.8) is 0 Å². The molecule has 3 heteroatoms. The van der Waals surface area contributed by atoms with Gasteiger partial charge in [-0.2, -0.15) is 0 Å². The predicted molar refractivity (Wildman–Crippen MR) is 48.7 cm³/mol. The van der Waals surface area contributed by atoms with Crippen molar-refractivity contribution in [2.24, 2.45) is 0 Å². The van der Waals surface area contributed by atoms with Gasteiger partial charge >= 0.3 is 0 Å². The van der Waals surface area contributed by atoms with E-state index in [2.05, 4.69) is 36.4 Å². The molecule has 0 aliphatic carbocycles. The average molecular weight is 172 g/mol. The lowest BCUT2D eigenvalue weighted by Gasteiger charge is -2.19. The summed E-state index contributed by atoms with van der Waals surface area (Å²) >= 11 is 0. The second-order valence-corrected chi connectivity index (χ2v) is 7.78. The molecular weight excluding hydrogens is 156 g/mol. The van der Waals surface area contributed by atoms with E-state index in [9.17, 15) is 0 Å². The number of hydrogen-bond donors (Lipinski definition) is 0. The SMILES string of the molecule is COC#CC(C)O[Si](C)(C)C. The Morgan fingerprint density at radius 2 is 1.82 bits per heavy atom. The maximum absolute atomic E-state index is 5.62. The van der Waals surface area contributed by atoms with Crippen LogP contribution in [0.5, 0.6) is 0 Å². The molecule has 0 aromatic carbocycles.